The molecule has 1 heterocycles. The Kier molecular flexibility index (Phi) is 10.1. The van der Waals surface area contributed by atoms with Gasteiger partial charge in [-0.05, 0) is 25.8 Å². The highest BCUT2D eigenvalue weighted by Gasteiger charge is 2.46. The van der Waals surface area contributed by atoms with Gasteiger partial charge < -0.3 is 0 Å². The zero-order chi connectivity index (χ0) is 17.0. The van der Waals surface area contributed by atoms with Gasteiger partial charge in [0, 0.05) is 0 Å². The first-order valence-electron chi connectivity index (χ1n) is 9.79. The van der Waals surface area contributed by atoms with Crippen LogP contribution in [-0.2, 0) is 9.59 Å². The zero-order valence-electron chi connectivity index (χ0n) is 15.3. The van der Waals surface area contributed by atoms with Crippen LogP contribution in [0.3, 0.4) is 0 Å². The number of amides is 2. The lowest BCUT2D eigenvalue weighted by atomic mass is 10.1. The molecule has 0 N–H and O–H groups in total. The highest BCUT2D eigenvalue weighted by Crippen LogP contribution is 2.23. The van der Waals surface area contributed by atoms with E-state index in [0.29, 0.717) is 19.4 Å². The Hall–Kier alpha value is -0.960. The van der Waals surface area contributed by atoms with Gasteiger partial charge in [0.2, 0.25) is 0 Å². The van der Waals surface area contributed by atoms with E-state index in [9.17, 15) is 9.59 Å². The largest absolute Gasteiger partial charge is 0.326 e. The maximum absolute atomic E-state index is 12.0. The van der Waals surface area contributed by atoms with Crippen LogP contribution in [0.1, 0.15) is 97.3 Å². The number of nitrogens with zero attached hydrogens (tertiary/aromatic N) is 1. The van der Waals surface area contributed by atoms with Crippen molar-refractivity contribution in [1.82, 2.24) is 0 Å². The van der Waals surface area contributed by atoms with Crippen molar-refractivity contribution in [2.24, 2.45) is 0 Å². The zero-order valence-corrected chi connectivity index (χ0v) is 15.3. The Labute approximate surface area is 142 Å². The summed E-state index contributed by atoms with van der Waals surface area (Å²) in [5, 5.41) is 0. The van der Waals surface area contributed by atoms with Gasteiger partial charge in [0.1, 0.15) is 6.20 Å². The number of unbranched alkanes of at least 4 members (excludes halogenated alkanes) is 10. The Balaban J connectivity index is 2.06. The summed E-state index contributed by atoms with van der Waals surface area (Å²) in [7, 11) is 0. The second kappa shape index (κ2) is 11.6. The number of likely N-dealkylation sites (tertiary alicyclic amines) is 1. The summed E-state index contributed by atoms with van der Waals surface area (Å²) >= 11 is 0. The molecule has 0 atom stereocenters. The van der Waals surface area contributed by atoms with Crippen LogP contribution in [0.5, 0.6) is 0 Å². The Bertz CT molecular complexity index is 371. The molecule has 2 amide bonds. The van der Waals surface area contributed by atoms with E-state index in [1.165, 1.54) is 64.2 Å². The molecule has 0 aromatic rings. The first-order chi connectivity index (χ1) is 11.2. The third-order valence-electron chi connectivity index (χ3n) is 5.03. The molecule has 1 fully saturated rings. The van der Waals surface area contributed by atoms with E-state index < -0.39 is 0 Å². The van der Waals surface area contributed by atoms with Crippen molar-refractivity contribution in [1.29, 1.82) is 0 Å². The smallest absolute Gasteiger partial charge is 0.230 e. The number of carbonyl (C=O) groups is 2. The molecule has 0 aromatic carbocycles. The van der Waals surface area contributed by atoms with E-state index in [2.05, 4.69) is 13.0 Å². The molecular weight excluding hydrogens is 286 g/mol. The number of carbonyl (C=O) groups excluding carboxylic acids is 2. The Morgan fingerprint density at radius 3 is 1.74 bits per heavy atom. The van der Waals surface area contributed by atoms with E-state index in [0.717, 1.165) is 6.42 Å². The van der Waals surface area contributed by atoms with Crippen molar-refractivity contribution in [3.05, 3.63) is 12.3 Å². The van der Waals surface area contributed by atoms with Crippen LogP contribution in [0.2, 0.25) is 0 Å². The molecule has 0 saturated carbocycles. The molecule has 1 saturated heterocycles. The lowest BCUT2D eigenvalue weighted by Crippen LogP contribution is -2.47. The van der Waals surface area contributed by atoms with Gasteiger partial charge in [-0.1, -0.05) is 64.7 Å². The van der Waals surface area contributed by atoms with Gasteiger partial charge in [-0.25, -0.2) is 9.59 Å². The Morgan fingerprint density at radius 2 is 1.26 bits per heavy atom. The average molecular weight is 323 g/mol. The van der Waals surface area contributed by atoms with Gasteiger partial charge in [0.05, 0.1) is 19.4 Å². The van der Waals surface area contributed by atoms with Crippen molar-refractivity contribution in [3.63, 3.8) is 0 Å². The molecule has 132 valence electrons. The minimum Gasteiger partial charge on any atom is -0.230 e. The van der Waals surface area contributed by atoms with Crippen LogP contribution in [0.4, 0.5) is 0 Å². The van der Waals surface area contributed by atoms with Gasteiger partial charge in [-0.2, -0.15) is 4.48 Å². The molecule has 0 spiro atoms. The molecule has 1 rings (SSSR count). The average Bonchev–Trinajstić information content (AvgIpc) is 2.84. The SMILES string of the molecule is CCCCCCCCCCCCC=C[N+]1(CC)C(=O)CCC1=O. The highest BCUT2D eigenvalue weighted by molar-refractivity contribution is 5.92. The van der Waals surface area contributed by atoms with E-state index in [1.54, 1.807) is 0 Å². The van der Waals surface area contributed by atoms with Gasteiger partial charge in [0.15, 0.2) is 0 Å². The van der Waals surface area contributed by atoms with E-state index in [4.69, 9.17) is 0 Å². The van der Waals surface area contributed by atoms with Crippen molar-refractivity contribution < 1.29 is 14.1 Å². The summed E-state index contributed by atoms with van der Waals surface area (Å²) in [6.45, 7) is 4.74. The first-order valence-corrected chi connectivity index (χ1v) is 9.79. The summed E-state index contributed by atoms with van der Waals surface area (Å²) in [5.41, 5.74) is 0. The number of hydrogen-bond donors (Lipinski definition) is 0. The van der Waals surface area contributed by atoms with Gasteiger partial charge in [-0.3, -0.25) is 0 Å². The molecular formula is C20H36NO2+. The van der Waals surface area contributed by atoms with Crippen LogP contribution >= 0.6 is 0 Å². The van der Waals surface area contributed by atoms with Crippen molar-refractivity contribution in [2.45, 2.75) is 97.3 Å². The maximum atomic E-state index is 12.0. The third kappa shape index (κ3) is 6.58. The molecule has 1 aliphatic rings. The third-order valence-corrected chi connectivity index (χ3v) is 5.03. The standard InChI is InChI=1S/C20H36NO2/c1-3-5-6-7-8-9-10-11-12-13-14-15-18-21(4-2)19(22)16-17-20(21)23/h15,18H,3-14,16-17H2,1-2H3/q+1. The molecule has 3 nitrogen and oxygen atoms in total. The molecule has 3 heteroatoms. The van der Waals surface area contributed by atoms with Crippen LogP contribution in [0, 0.1) is 0 Å². The van der Waals surface area contributed by atoms with Crippen molar-refractivity contribution >= 4 is 11.8 Å². The minimum atomic E-state index is -0.0439. The van der Waals surface area contributed by atoms with Crippen LogP contribution < -0.4 is 0 Å². The van der Waals surface area contributed by atoms with E-state index in [1.807, 2.05) is 13.1 Å². The number of imide groups is 1. The summed E-state index contributed by atoms with van der Waals surface area (Å²) in [5.74, 6) is 0.133. The summed E-state index contributed by atoms with van der Waals surface area (Å²) in [6.07, 6.45) is 19.1. The van der Waals surface area contributed by atoms with E-state index in [-0.39, 0.29) is 16.3 Å². The summed E-state index contributed by atoms with van der Waals surface area (Å²) in [6, 6.07) is 0. The second-order valence-electron chi connectivity index (χ2n) is 6.83. The first kappa shape index (κ1) is 20.1. The lowest BCUT2D eigenvalue weighted by Gasteiger charge is -2.22. The topological polar surface area (TPSA) is 34.1 Å². The summed E-state index contributed by atoms with van der Waals surface area (Å²) < 4.78 is -0.0439. The molecule has 0 radical (unpaired) electrons. The predicted molar refractivity (Wildman–Crippen MR) is 95.7 cm³/mol. The second-order valence-corrected chi connectivity index (χ2v) is 6.83. The quantitative estimate of drug-likeness (QED) is 0.255. The minimum absolute atomic E-state index is 0.0439. The maximum Gasteiger partial charge on any atom is 0.326 e. The van der Waals surface area contributed by atoms with E-state index >= 15 is 0 Å². The van der Waals surface area contributed by atoms with Gasteiger partial charge >= 0.3 is 11.8 Å². The molecule has 0 aliphatic carbocycles. The van der Waals surface area contributed by atoms with Crippen LogP contribution in [-0.4, -0.2) is 22.8 Å². The number of hydrogen-bond acceptors (Lipinski definition) is 2. The fourth-order valence-corrected chi connectivity index (χ4v) is 3.38. The van der Waals surface area contributed by atoms with Crippen molar-refractivity contribution in [3.8, 4) is 0 Å². The molecule has 0 bridgehead atoms. The van der Waals surface area contributed by atoms with Crippen LogP contribution in [0.15, 0.2) is 12.3 Å². The summed E-state index contributed by atoms with van der Waals surface area (Å²) in [4.78, 5) is 23.9. The molecule has 0 unspecified atom stereocenters. The number of quaternary nitrogens is 1. The number of rotatable bonds is 13. The van der Waals surface area contributed by atoms with Gasteiger partial charge in [0.25, 0.3) is 0 Å². The number of allylic oxidation sites excluding steroid dienone is 1. The fraction of sp³-hybridized carbons (Fsp3) is 0.800. The fourth-order valence-electron chi connectivity index (χ4n) is 3.38. The normalized spacial score (nSPS) is 17.5. The monoisotopic (exact) mass is 322 g/mol. The van der Waals surface area contributed by atoms with Crippen molar-refractivity contribution in [2.75, 3.05) is 6.54 Å². The van der Waals surface area contributed by atoms with Gasteiger partial charge in [-0.15, -0.1) is 0 Å². The molecule has 0 aromatic heterocycles. The lowest BCUT2D eigenvalue weighted by molar-refractivity contribution is -0.716. The molecule has 1 aliphatic heterocycles. The Morgan fingerprint density at radius 1 is 0.783 bits per heavy atom. The molecule has 23 heavy (non-hydrogen) atoms. The highest BCUT2D eigenvalue weighted by atomic mass is 16.2. The van der Waals surface area contributed by atoms with Crippen LogP contribution in [0.25, 0.3) is 0 Å². The predicted octanol–water partition coefficient (Wildman–Crippen LogP) is 5.49.